The molecule has 1 aromatic carbocycles. The Labute approximate surface area is 96.2 Å². The molecule has 1 aromatic rings. The Kier molecular flexibility index (Phi) is 3.77. The quantitative estimate of drug-likeness (QED) is 0.695. The second-order valence-electron chi connectivity index (χ2n) is 3.97. The van der Waals surface area contributed by atoms with Gasteiger partial charge in [-0.3, -0.25) is 4.72 Å². The first-order valence-electron chi connectivity index (χ1n) is 4.96. The van der Waals surface area contributed by atoms with Gasteiger partial charge in [-0.15, -0.1) is 0 Å². The lowest BCUT2D eigenvalue weighted by atomic mass is 10.2. The van der Waals surface area contributed by atoms with Gasteiger partial charge in [0, 0.05) is 6.04 Å². The van der Waals surface area contributed by atoms with E-state index in [4.69, 9.17) is 5.73 Å². The molecule has 16 heavy (non-hydrogen) atoms. The van der Waals surface area contributed by atoms with Gasteiger partial charge in [0.2, 0.25) is 0 Å². The van der Waals surface area contributed by atoms with E-state index in [1.807, 2.05) is 13.0 Å². The number of hydrogen-bond donors (Lipinski definition) is 3. The molecule has 4 N–H and O–H groups in total. The lowest BCUT2D eigenvalue weighted by Gasteiger charge is -2.13. The van der Waals surface area contributed by atoms with E-state index in [2.05, 4.69) is 9.44 Å². The van der Waals surface area contributed by atoms with E-state index < -0.39 is 10.2 Å². The molecule has 0 aliphatic rings. The maximum atomic E-state index is 11.6. The van der Waals surface area contributed by atoms with Gasteiger partial charge in [0.05, 0.1) is 11.4 Å². The molecule has 0 fully saturated rings. The zero-order valence-corrected chi connectivity index (χ0v) is 10.4. The molecule has 0 aromatic heterocycles. The van der Waals surface area contributed by atoms with E-state index in [1.54, 1.807) is 26.0 Å². The van der Waals surface area contributed by atoms with Crippen LogP contribution in [0, 0.1) is 6.92 Å². The zero-order chi connectivity index (χ0) is 12.3. The van der Waals surface area contributed by atoms with Crippen LogP contribution in [-0.4, -0.2) is 14.5 Å². The van der Waals surface area contributed by atoms with Crippen LogP contribution in [0.15, 0.2) is 18.2 Å². The molecule has 1 rings (SSSR count). The summed E-state index contributed by atoms with van der Waals surface area (Å²) in [6, 6.07) is 5.02. The number of benzene rings is 1. The molecule has 90 valence electrons. The molecule has 0 unspecified atom stereocenters. The molecule has 0 radical (unpaired) electrons. The van der Waals surface area contributed by atoms with Crippen LogP contribution >= 0.6 is 0 Å². The van der Waals surface area contributed by atoms with Gasteiger partial charge in [-0.05, 0) is 38.5 Å². The Bertz CT molecular complexity index is 469. The summed E-state index contributed by atoms with van der Waals surface area (Å²) in [7, 11) is -3.55. The molecule has 0 atom stereocenters. The molecule has 0 aliphatic carbocycles. The Morgan fingerprint density at radius 1 is 1.31 bits per heavy atom. The van der Waals surface area contributed by atoms with Gasteiger partial charge in [-0.2, -0.15) is 13.1 Å². The number of nitrogen functional groups attached to an aromatic ring is 1. The van der Waals surface area contributed by atoms with Crippen molar-refractivity contribution in [2.24, 2.45) is 0 Å². The predicted molar refractivity (Wildman–Crippen MR) is 66.4 cm³/mol. The monoisotopic (exact) mass is 243 g/mol. The fraction of sp³-hybridized carbons (Fsp3) is 0.400. The van der Waals surface area contributed by atoms with Crippen LogP contribution < -0.4 is 15.2 Å². The van der Waals surface area contributed by atoms with Crippen LogP contribution in [0.1, 0.15) is 19.4 Å². The average Bonchev–Trinajstić information content (AvgIpc) is 2.08. The van der Waals surface area contributed by atoms with Crippen molar-refractivity contribution in [1.29, 1.82) is 0 Å². The van der Waals surface area contributed by atoms with Crippen LogP contribution in [0.4, 0.5) is 11.4 Å². The number of nitrogens with one attached hydrogen (secondary N) is 2. The first-order valence-corrected chi connectivity index (χ1v) is 6.44. The zero-order valence-electron chi connectivity index (χ0n) is 9.61. The van der Waals surface area contributed by atoms with Crippen molar-refractivity contribution in [2.75, 3.05) is 10.5 Å². The van der Waals surface area contributed by atoms with E-state index >= 15 is 0 Å². The summed E-state index contributed by atoms with van der Waals surface area (Å²) in [4.78, 5) is 0. The first-order chi connectivity index (χ1) is 7.30. The third-order valence-electron chi connectivity index (χ3n) is 1.84. The summed E-state index contributed by atoms with van der Waals surface area (Å²) in [5.41, 5.74) is 7.41. The molecule has 0 bridgehead atoms. The van der Waals surface area contributed by atoms with Gasteiger partial charge in [-0.1, -0.05) is 6.07 Å². The van der Waals surface area contributed by atoms with Crippen LogP contribution in [0.3, 0.4) is 0 Å². The second-order valence-corrected chi connectivity index (χ2v) is 5.42. The summed E-state index contributed by atoms with van der Waals surface area (Å²) in [6.45, 7) is 5.37. The standard InChI is InChI=1S/C10H17N3O2S/c1-7(2)12-16(14,15)13-10-6-8(3)4-5-9(10)11/h4-7,12-13H,11H2,1-3H3. The van der Waals surface area contributed by atoms with Crippen molar-refractivity contribution in [1.82, 2.24) is 4.72 Å². The van der Waals surface area contributed by atoms with Crippen LogP contribution in [0.25, 0.3) is 0 Å². The Hall–Kier alpha value is -1.27. The highest BCUT2D eigenvalue weighted by Crippen LogP contribution is 2.20. The number of aryl methyl sites for hydroxylation is 1. The minimum atomic E-state index is -3.55. The smallest absolute Gasteiger partial charge is 0.299 e. The molecule has 6 heteroatoms. The molecule has 0 saturated carbocycles. The normalized spacial score (nSPS) is 11.8. The van der Waals surface area contributed by atoms with Gasteiger partial charge in [0.1, 0.15) is 0 Å². The van der Waals surface area contributed by atoms with Crippen molar-refractivity contribution in [3.8, 4) is 0 Å². The first kappa shape index (κ1) is 12.8. The topological polar surface area (TPSA) is 84.2 Å². The molecular formula is C10H17N3O2S. The molecular weight excluding hydrogens is 226 g/mol. The van der Waals surface area contributed by atoms with E-state index in [9.17, 15) is 8.42 Å². The van der Waals surface area contributed by atoms with E-state index in [0.29, 0.717) is 11.4 Å². The predicted octanol–water partition coefficient (Wildman–Crippen LogP) is 1.23. The van der Waals surface area contributed by atoms with Crippen LogP contribution in [-0.2, 0) is 10.2 Å². The number of rotatable bonds is 4. The summed E-state index contributed by atoms with van der Waals surface area (Å²) in [5.74, 6) is 0. The highest BCUT2D eigenvalue weighted by molar-refractivity contribution is 7.90. The number of nitrogens with two attached hydrogens (primary N) is 1. The maximum absolute atomic E-state index is 11.6. The van der Waals surface area contributed by atoms with Gasteiger partial charge in [0.15, 0.2) is 0 Å². The van der Waals surface area contributed by atoms with Crippen molar-refractivity contribution in [3.05, 3.63) is 23.8 Å². The van der Waals surface area contributed by atoms with Crippen molar-refractivity contribution >= 4 is 21.6 Å². The minimum Gasteiger partial charge on any atom is -0.397 e. The fourth-order valence-electron chi connectivity index (χ4n) is 1.24. The maximum Gasteiger partial charge on any atom is 0.299 e. The highest BCUT2D eigenvalue weighted by atomic mass is 32.2. The van der Waals surface area contributed by atoms with E-state index in [1.165, 1.54) is 0 Å². The summed E-state index contributed by atoms with van der Waals surface area (Å²) < 4.78 is 28.0. The van der Waals surface area contributed by atoms with Gasteiger partial charge in [-0.25, -0.2) is 0 Å². The Morgan fingerprint density at radius 3 is 2.50 bits per heavy atom. The number of hydrogen-bond acceptors (Lipinski definition) is 3. The highest BCUT2D eigenvalue weighted by Gasteiger charge is 2.12. The van der Waals surface area contributed by atoms with Crippen LogP contribution in [0.5, 0.6) is 0 Å². The lowest BCUT2D eigenvalue weighted by Crippen LogP contribution is -2.35. The minimum absolute atomic E-state index is 0.163. The van der Waals surface area contributed by atoms with Crippen LogP contribution in [0.2, 0.25) is 0 Å². The summed E-state index contributed by atoms with van der Waals surface area (Å²) in [6.07, 6.45) is 0. The van der Waals surface area contributed by atoms with E-state index in [0.717, 1.165) is 5.56 Å². The Morgan fingerprint density at radius 2 is 1.94 bits per heavy atom. The molecule has 0 heterocycles. The molecule has 5 nitrogen and oxygen atoms in total. The summed E-state index contributed by atoms with van der Waals surface area (Å²) >= 11 is 0. The lowest BCUT2D eigenvalue weighted by molar-refractivity contribution is 0.575. The molecule has 0 saturated heterocycles. The second kappa shape index (κ2) is 4.71. The van der Waals surface area contributed by atoms with Gasteiger partial charge >= 0.3 is 0 Å². The largest absolute Gasteiger partial charge is 0.397 e. The fourth-order valence-corrected chi connectivity index (χ4v) is 2.39. The van der Waals surface area contributed by atoms with Gasteiger partial charge < -0.3 is 5.73 Å². The van der Waals surface area contributed by atoms with Crippen molar-refractivity contribution in [3.63, 3.8) is 0 Å². The third kappa shape index (κ3) is 3.71. The summed E-state index contributed by atoms with van der Waals surface area (Å²) in [5, 5.41) is 0. The molecule has 0 spiro atoms. The Balaban J connectivity index is 2.92. The molecule has 0 amide bonds. The number of anilines is 2. The molecule has 0 aliphatic heterocycles. The average molecular weight is 243 g/mol. The van der Waals surface area contributed by atoms with Gasteiger partial charge in [0.25, 0.3) is 10.2 Å². The van der Waals surface area contributed by atoms with Crippen molar-refractivity contribution < 1.29 is 8.42 Å². The third-order valence-corrected chi connectivity index (χ3v) is 3.11. The van der Waals surface area contributed by atoms with Crippen molar-refractivity contribution in [2.45, 2.75) is 26.8 Å². The van der Waals surface area contributed by atoms with E-state index in [-0.39, 0.29) is 6.04 Å². The SMILES string of the molecule is Cc1ccc(N)c(NS(=O)(=O)NC(C)C)c1.